The number of aliphatic imine (C=N–C) groups is 1. The van der Waals surface area contributed by atoms with Crippen LogP contribution in [0, 0.1) is 6.92 Å². The number of para-hydroxylation sites is 1. The molecule has 5 nitrogen and oxygen atoms in total. The molecule has 0 bridgehead atoms. The van der Waals surface area contributed by atoms with Crippen LogP contribution in [0.2, 0.25) is 0 Å². The zero-order chi connectivity index (χ0) is 17.8. The van der Waals surface area contributed by atoms with Gasteiger partial charge in [0.25, 0.3) is 5.91 Å². The smallest absolute Gasteiger partial charge is 0.266 e. The Bertz CT molecular complexity index is 861. The lowest BCUT2D eigenvalue weighted by molar-refractivity contribution is -0.122. The molecule has 25 heavy (non-hydrogen) atoms. The second kappa shape index (κ2) is 7.53. The Morgan fingerprint density at radius 3 is 2.76 bits per heavy atom. The quantitative estimate of drug-likeness (QED) is 0.779. The van der Waals surface area contributed by atoms with Crippen LogP contribution in [0.5, 0.6) is 5.75 Å². The summed E-state index contributed by atoms with van der Waals surface area (Å²) in [5.41, 5.74) is 1.76. The fraction of sp³-hybridized carbons (Fsp3) is 0.211. The van der Waals surface area contributed by atoms with E-state index in [1.165, 1.54) is 11.8 Å². The summed E-state index contributed by atoms with van der Waals surface area (Å²) in [6, 6.07) is 13.3. The molecular formula is C19H19N3O2S. The van der Waals surface area contributed by atoms with Crippen LogP contribution in [0.3, 0.4) is 0 Å². The molecule has 0 atom stereocenters. The first-order valence-electron chi connectivity index (χ1n) is 7.99. The van der Waals surface area contributed by atoms with Gasteiger partial charge in [-0.15, -0.1) is 0 Å². The fourth-order valence-electron chi connectivity index (χ4n) is 2.49. The highest BCUT2D eigenvalue weighted by atomic mass is 32.2. The maximum atomic E-state index is 12.7. The summed E-state index contributed by atoms with van der Waals surface area (Å²) in [6.45, 7) is 4.41. The highest BCUT2D eigenvalue weighted by molar-refractivity contribution is 8.18. The number of pyridine rings is 1. The number of hydrogen-bond acceptors (Lipinski definition) is 5. The normalized spacial score (nSPS) is 17.6. The van der Waals surface area contributed by atoms with Crippen LogP contribution in [0.25, 0.3) is 6.08 Å². The topological polar surface area (TPSA) is 54.8 Å². The molecule has 1 fully saturated rings. The summed E-state index contributed by atoms with van der Waals surface area (Å²) in [4.78, 5) is 23.9. The first kappa shape index (κ1) is 17.2. The number of carbonyl (C=O) groups is 1. The number of methoxy groups -OCH3 is 1. The number of nitrogens with zero attached hydrogens (tertiary/aromatic N) is 3. The van der Waals surface area contributed by atoms with Crippen LogP contribution in [0.15, 0.2) is 52.4 Å². The highest BCUT2D eigenvalue weighted by Gasteiger charge is 2.32. The molecule has 1 amide bonds. The lowest BCUT2D eigenvalue weighted by Gasteiger charge is -2.11. The van der Waals surface area contributed by atoms with Crippen molar-refractivity contribution in [1.82, 2.24) is 9.88 Å². The van der Waals surface area contributed by atoms with Crippen LogP contribution < -0.4 is 4.74 Å². The molecule has 2 heterocycles. The van der Waals surface area contributed by atoms with Gasteiger partial charge in [0.05, 0.1) is 12.0 Å². The second-order valence-electron chi connectivity index (χ2n) is 5.43. The van der Waals surface area contributed by atoms with E-state index >= 15 is 0 Å². The molecule has 1 aromatic carbocycles. The molecule has 6 heteroatoms. The number of carbonyl (C=O) groups excluding carboxylic acids is 1. The van der Waals surface area contributed by atoms with Crippen LogP contribution >= 0.6 is 11.8 Å². The van der Waals surface area contributed by atoms with Gasteiger partial charge in [0.2, 0.25) is 0 Å². The summed E-state index contributed by atoms with van der Waals surface area (Å²) in [7, 11) is 1.62. The Balaban J connectivity index is 1.96. The van der Waals surface area contributed by atoms with Crippen LogP contribution in [-0.4, -0.2) is 34.6 Å². The number of aromatic nitrogens is 1. The Labute approximate surface area is 151 Å². The van der Waals surface area contributed by atoms with Crippen LogP contribution in [-0.2, 0) is 4.79 Å². The molecule has 0 saturated carbocycles. The van der Waals surface area contributed by atoms with Crippen molar-refractivity contribution >= 4 is 34.7 Å². The van der Waals surface area contributed by atoms with Gasteiger partial charge in [-0.1, -0.05) is 24.3 Å². The van der Waals surface area contributed by atoms with Crippen molar-refractivity contribution in [1.29, 1.82) is 0 Å². The molecule has 3 rings (SSSR count). The van der Waals surface area contributed by atoms with Gasteiger partial charge >= 0.3 is 0 Å². The van der Waals surface area contributed by atoms with Crippen molar-refractivity contribution in [2.75, 3.05) is 13.7 Å². The Morgan fingerprint density at radius 2 is 2.04 bits per heavy atom. The third-order valence-electron chi connectivity index (χ3n) is 3.71. The summed E-state index contributed by atoms with van der Waals surface area (Å²) < 4.78 is 5.36. The molecule has 1 aliphatic heterocycles. The van der Waals surface area contributed by atoms with Gasteiger partial charge in [-0.2, -0.15) is 0 Å². The monoisotopic (exact) mass is 353 g/mol. The minimum absolute atomic E-state index is 0.0511. The van der Waals surface area contributed by atoms with E-state index in [2.05, 4.69) is 9.98 Å². The minimum Gasteiger partial charge on any atom is -0.496 e. The van der Waals surface area contributed by atoms with Gasteiger partial charge in [-0.25, -0.2) is 9.98 Å². The number of rotatable bonds is 4. The predicted octanol–water partition coefficient (Wildman–Crippen LogP) is 4.02. The molecule has 0 radical (unpaired) electrons. The fourth-order valence-corrected chi connectivity index (χ4v) is 3.53. The number of aryl methyl sites for hydroxylation is 1. The first-order valence-corrected chi connectivity index (χ1v) is 8.80. The molecule has 2 aromatic rings. The highest BCUT2D eigenvalue weighted by Crippen LogP contribution is 2.35. The van der Waals surface area contributed by atoms with Crippen LogP contribution in [0.4, 0.5) is 5.82 Å². The molecule has 128 valence electrons. The first-order chi connectivity index (χ1) is 12.1. The zero-order valence-corrected chi connectivity index (χ0v) is 15.2. The van der Waals surface area contributed by atoms with Gasteiger partial charge in [0.1, 0.15) is 5.75 Å². The number of amides is 1. The van der Waals surface area contributed by atoms with E-state index in [4.69, 9.17) is 4.74 Å². The van der Waals surface area contributed by atoms with Gasteiger partial charge < -0.3 is 4.74 Å². The Morgan fingerprint density at radius 1 is 1.24 bits per heavy atom. The third-order valence-corrected chi connectivity index (χ3v) is 4.72. The molecule has 0 N–H and O–H groups in total. The average molecular weight is 353 g/mol. The van der Waals surface area contributed by atoms with E-state index in [1.54, 1.807) is 12.0 Å². The average Bonchev–Trinajstić information content (AvgIpc) is 2.90. The number of amidine groups is 1. The standard InChI is InChI=1S/C19H19N3O2S/c1-4-22-18(23)16(12-14-9-5-6-10-15(14)24-3)25-19(22)21-17-11-7-8-13(2)20-17/h5-12H,4H2,1-3H3/b16-12-,21-19+. The largest absolute Gasteiger partial charge is 0.496 e. The number of hydrogen-bond donors (Lipinski definition) is 0. The lowest BCUT2D eigenvalue weighted by atomic mass is 10.2. The van der Waals surface area contributed by atoms with Crippen molar-refractivity contribution in [3.63, 3.8) is 0 Å². The maximum Gasteiger partial charge on any atom is 0.266 e. The van der Waals surface area contributed by atoms with E-state index in [0.717, 1.165) is 17.0 Å². The number of ether oxygens (including phenoxy) is 1. The van der Waals surface area contributed by atoms with Gasteiger partial charge in [-0.05, 0) is 49.9 Å². The third kappa shape index (κ3) is 3.74. The Hall–Kier alpha value is -2.60. The van der Waals surface area contributed by atoms with Crippen molar-refractivity contribution in [3.8, 4) is 5.75 Å². The molecular weight excluding hydrogens is 334 g/mol. The SMILES string of the molecule is CCN1C(=O)/C(=C/c2ccccc2OC)S/C1=N/c1cccc(C)n1. The lowest BCUT2D eigenvalue weighted by Crippen LogP contribution is -2.28. The second-order valence-corrected chi connectivity index (χ2v) is 6.44. The van der Waals surface area contributed by atoms with Crippen molar-refractivity contribution in [2.24, 2.45) is 4.99 Å². The van der Waals surface area contributed by atoms with Crippen molar-refractivity contribution in [3.05, 3.63) is 58.6 Å². The van der Waals surface area contributed by atoms with Crippen molar-refractivity contribution in [2.45, 2.75) is 13.8 Å². The number of likely N-dealkylation sites (N-methyl/N-ethyl adjacent to an activating group) is 1. The molecule has 0 aliphatic carbocycles. The molecule has 1 aromatic heterocycles. The van der Waals surface area contributed by atoms with Crippen molar-refractivity contribution < 1.29 is 9.53 Å². The van der Waals surface area contributed by atoms with E-state index in [9.17, 15) is 4.79 Å². The predicted molar refractivity (Wildman–Crippen MR) is 102 cm³/mol. The van der Waals surface area contributed by atoms with Gasteiger partial charge in [-0.3, -0.25) is 9.69 Å². The van der Waals surface area contributed by atoms with E-state index in [1.807, 2.05) is 62.4 Å². The zero-order valence-electron chi connectivity index (χ0n) is 14.4. The van der Waals surface area contributed by atoms with E-state index < -0.39 is 0 Å². The summed E-state index contributed by atoms with van der Waals surface area (Å²) in [6.07, 6.45) is 1.85. The number of benzene rings is 1. The van der Waals surface area contributed by atoms with Gasteiger partial charge in [0.15, 0.2) is 11.0 Å². The van der Waals surface area contributed by atoms with E-state index in [-0.39, 0.29) is 5.91 Å². The maximum absolute atomic E-state index is 12.7. The summed E-state index contributed by atoms with van der Waals surface area (Å²) >= 11 is 1.36. The Kier molecular flexibility index (Phi) is 5.19. The molecule has 1 aliphatic rings. The van der Waals surface area contributed by atoms with Gasteiger partial charge in [0, 0.05) is 17.8 Å². The summed E-state index contributed by atoms with van der Waals surface area (Å²) in [5.74, 6) is 1.29. The summed E-state index contributed by atoms with van der Waals surface area (Å²) in [5, 5.41) is 0.645. The minimum atomic E-state index is -0.0511. The van der Waals surface area contributed by atoms with E-state index in [0.29, 0.717) is 22.4 Å². The molecule has 1 saturated heterocycles. The molecule has 0 spiro atoms. The van der Waals surface area contributed by atoms with Crippen LogP contribution in [0.1, 0.15) is 18.2 Å². The molecule has 0 unspecified atom stereocenters. The number of thioether (sulfide) groups is 1.